The summed E-state index contributed by atoms with van der Waals surface area (Å²) in [6.07, 6.45) is 1.31. The Balaban J connectivity index is 2.80. The highest BCUT2D eigenvalue weighted by Crippen LogP contribution is 2.20. The molecule has 0 aromatic heterocycles. The molecule has 5 nitrogen and oxygen atoms in total. The van der Waals surface area contributed by atoms with Crippen LogP contribution in [0.4, 0.5) is 0 Å². The van der Waals surface area contributed by atoms with Crippen LogP contribution in [-0.2, 0) is 16.1 Å². The lowest BCUT2D eigenvalue weighted by molar-refractivity contribution is -0.121. The van der Waals surface area contributed by atoms with Crippen molar-refractivity contribution in [3.8, 4) is 5.75 Å². The van der Waals surface area contributed by atoms with E-state index < -0.39 is 5.97 Å². The van der Waals surface area contributed by atoms with Crippen LogP contribution in [-0.4, -0.2) is 26.1 Å². The molecule has 1 amide bonds. The summed E-state index contributed by atoms with van der Waals surface area (Å²) in [5.74, 6) is -0.00740. The zero-order chi connectivity index (χ0) is 14.3. The molecule has 0 aliphatic rings. The Morgan fingerprint density at radius 2 is 2.00 bits per heavy atom. The summed E-state index contributed by atoms with van der Waals surface area (Å²) in [6.45, 7) is 2.33. The summed E-state index contributed by atoms with van der Waals surface area (Å²) in [4.78, 5) is 23.0. The molecule has 0 saturated heterocycles. The van der Waals surface area contributed by atoms with E-state index in [1.165, 1.54) is 14.2 Å². The van der Waals surface area contributed by atoms with Crippen molar-refractivity contribution in [3.05, 3.63) is 29.3 Å². The molecule has 1 aromatic carbocycles. The van der Waals surface area contributed by atoms with Gasteiger partial charge in [-0.1, -0.05) is 13.0 Å². The molecule has 0 aliphatic heterocycles. The molecular formula is C14H19NO4. The number of rotatable bonds is 6. The minimum absolute atomic E-state index is 0.00191. The van der Waals surface area contributed by atoms with E-state index in [4.69, 9.17) is 9.47 Å². The molecule has 0 fully saturated rings. The number of carbonyl (C=O) groups is 2. The molecule has 1 rings (SSSR count). The molecule has 0 unspecified atom stereocenters. The first-order chi connectivity index (χ1) is 9.12. The van der Waals surface area contributed by atoms with Crippen molar-refractivity contribution in [1.29, 1.82) is 0 Å². The van der Waals surface area contributed by atoms with Gasteiger partial charge in [0.05, 0.1) is 14.2 Å². The van der Waals surface area contributed by atoms with Crippen LogP contribution in [0.1, 0.15) is 35.7 Å². The van der Waals surface area contributed by atoms with Gasteiger partial charge in [0.25, 0.3) is 0 Å². The molecule has 5 heteroatoms. The Kier molecular flexibility index (Phi) is 5.85. The van der Waals surface area contributed by atoms with Crippen LogP contribution in [0, 0.1) is 0 Å². The van der Waals surface area contributed by atoms with E-state index in [0.29, 0.717) is 24.3 Å². The fraction of sp³-hybridized carbons (Fsp3) is 0.429. The maximum absolute atomic E-state index is 11.6. The van der Waals surface area contributed by atoms with Crippen LogP contribution in [0.3, 0.4) is 0 Å². The molecule has 19 heavy (non-hydrogen) atoms. The molecule has 0 saturated carbocycles. The molecule has 0 aliphatic carbocycles. The number of nitrogens with one attached hydrogen (secondary N) is 1. The molecule has 104 valence electrons. The third-order valence-corrected chi connectivity index (χ3v) is 2.64. The normalized spacial score (nSPS) is 9.84. The number of amides is 1. The molecule has 0 spiro atoms. The second-order valence-corrected chi connectivity index (χ2v) is 4.05. The summed E-state index contributed by atoms with van der Waals surface area (Å²) < 4.78 is 9.79. The Morgan fingerprint density at radius 3 is 2.58 bits per heavy atom. The van der Waals surface area contributed by atoms with Crippen LogP contribution in [0.15, 0.2) is 18.2 Å². The number of hydrogen-bond acceptors (Lipinski definition) is 4. The van der Waals surface area contributed by atoms with E-state index in [1.807, 2.05) is 6.92 Å². The first kappa shape index (κ1) is 15.0. The smallest absolute Gasteiger partial charge is 0.341 e. The van der Waals surface area contributed by atoms with Gasteiger partial charge in [0, 0.05) is 13.0 Å². The molecule has 0 bridgehead atoms. The molecule has 1 N–H and O–H groups in total. The SMILES string of the molecule is CCCC(=O)NCc1ccc(OC)c(C(=O)OC)c1. The van der Waals surface area contributed by atoms with Gasteiger partial charge in [0.15, 0.2) is 0 Å². The van der Waals surface area contributed by atoms with Gasteiger partial charge in [-0.25, -0.2) is 4.79 Å². The summed E-state index contributed by atoms with van der Waals surface area (Å²) >= 11 is 0. The molecular weight excluding hydrogens is 246 g/mol. The van der Waals surface area contributed by atoms with Crippen molar-refractivity contribution in [1.82, 2.24) is 5.32 Å². The summed E-state index contributed by atoms with van der Waals surface area (Å²) in [7, 11) is 2.81. The standard InChI is InChI=1S/C14H19NO4/c1-4-5-13(16)15-9-10-6-7-12(18-2)11(8-10)14(17)19-3/h6-8H,4-5,9H2,1-3H3,(H,15,16). The molecule has 0 atom stereocenters. The second kappa shape index (κ2) is 7.41. The van der Waals surface area contributed by atoms with Gasteiger partial charge in [-0.2, -0.15) is 0 Å². The van der Waals surface area contributed by atoms with Gasteiger partial charge < -0.3 is 14.8 Å². The summed E-state index contributed by atoms with van der Waals surface area (Å²) in [6, 6.07) is 5.15. The van der Waals surface area contributed by atoms with Crippen LogP contribution in [0.5, 0.6) is 5.75 Å². The minimum atomic E-state index is -0.460. The van der Waals surface area contributed by atoms with E-state index >= 15 is 0 Å². The third kappa shape index (κ3) is 4.28. The van der Waals surface area contributed by atoms with E-state index in [1.54, 1.807) is 18.2 Å². The minimum Gasteiger partial charge on any atom is -0.496 e. The average Bonchev–Trinajstić information content (AvgIpc) is 2.44. The molecule has 0 radical (unpaired) electrons. The van der Waals surface area contributed by atoms with Crippen molar-refractivity contribution < 1.29 is 19.1 Å². The van der Waals surface area contributed by atoms with Gasteiger partial charge in [0.2, 0.25) is 5.91 Å². The monoisotopic (exact) mass is 265 g/mol. The van der Waals surface area contributed by atoms with Gasteiger partial charge >= 0.3 is 5.97 Å². The van der Waals surface area contributed by atoms with Gasteiger partial charge in [-0.05, 0) is 24.1 Å². The van der Waals surface area contributed by atoms with E-state index in [2.05, 4.69) is 5.32 Å². The maximum Gasteiger partial charge on any atom is 0.341 e. The Hall–Kier alpha value is -2.04. The van der Waals surface area contributed by atoms with Crippen molar-refractivity contribution in [2.75, 3.05) is 14.2 Å². The highest BCUT2D eigenvalue weighted by atomic mass is 16.5. The third-order valence-electron chi connectivity index (χ3n) is 2.64. The largest absolute Gasteiger partial charge is 0.496 e. The van der Waals surface area contributed by atoms with Crippen LogP contribution < -0.4 is 10.1 Å². The number of hydrogen-bond donors (Lipinski definition) is 1. The Morgan fingerprint density at radius 1 is 1.26 bits per heavy atom. The lowest BCUT2D eigenvalue weighted by Gasteiger charge is -2.10. The highest BCUT2D eigenvalue weighted by molar-refractivity contribution is 5.92. The molecule has 1 aromatic rings. The van der Waals surface area contributed by atoms with E-state index in [0.717, 1.165) is 12.0 Å². The quantitative estimate of drug-likeness (QED) is 0.798. The van der Waals surface area contributed by atoms with Crippen molar-refractivity contribution >= 4 is 11.9 Å². The van der Waals surface area contributed by atoms with E-state index in [-0.39, 0.29) is 5.91 Å². The van der Waals surface area contributed by atoms with Crippen LogP contribution >= 0.6 is 0 Å². The average molecular weight is 265 g/mol. The topological polar surface area (TPSA) is 64.6 Å². The first-order valence-electron chi connectivity index (χ1n) is 6.14. The summed E-state index contributed by atoms with van der Waals surface area (Å²) in [5.41, 5.74) is 1.18. The lowest BCUT2D eigenvalue weighted by atomic mass is 10.1. The lowest BCUT2D eigenvalue weighted by Crippen LogP contribution is -2.22. The van der Waals surface area contributed by atoms with Gasteiger partial charge in [0.1, 0.15) is 11.3 Å². The van der Waals surface area contributed by atoms with Crippen LogP contribution in [0.2, 0.25) is 0 Å². The number of benzene rings is 1. The number of carbonyl (C=O) groups excluding carboxylic acids is 2. The van der Waals surface area contributed by atoms with Crippen molar-refractivity contribution in [2.45, 2.75) is 26.3 Å². The Labute approximate surface area is 112 Å². The second-order valence-electron chi connectivity index (χ2n) is 4.05. The van der Waals surface area contributed by atoms with Crippen molar-refractivity contribution in [2.24, 2.45) is 0 Å². The zero-order valence-electron chi connectivity index (χ0n) is 11.5. The van der Waals surface area contributed by atoms with Gasteiger partial charge in [-0.15, -0.1) is 0 Å². The summed E-state index contributed by atoms with van der Waals surface area (Å²) in [5, 5.41) is 2.79. The molecule has 0 heterocycles. The first-order valence-corrected chi connectivity index (χ1v) is 6.14. The predicted molar refractivity (Wildman–Crippen MR) is 71.1 cm³/mol. The fourth-order valence-corrected chi connectivity index (χ4v) is 1.65. The van der Waals surface area contributed by atoms with Gasteiger partial charge in [-0.3, -0.25) is 4.79 Å². The number of methoxy groups -OCH3 is 2. The Bertz CT molecular complexity index is 457. The van der Waals surface area contributed by atoms with E-state index in [9.17, 15) is 9.59 Å². The number of ether oxygens (including phenoxy) is 2. The zero-order valence-corrected chi connectivity index (χ0v) is 11.5. The predicted octanol–water partition coefficient (Wildman–Crippen LogP) is 1.90. The van der Waals surface area contributed by atoms with Crippen LogP contribution in [0.25, 0.3) is 0 Å². The highest BCUT2D eigenvalue weighted by Gasteiger charge is 2.13. The maximum atomic E-state index is 11.6. The van der Waals surface area contributed by atoms with Crippen molar-refractivity contribution in [3.63, 3.8) is 0 Å². The fourth-order valence-electron chi connectivity index (χ4n) is 1.65. The number of esters is 1.